The summed E-state index contributed by atoms with van der Waals surface area (Å²) in [6.07, 6.45) is 1.97. The molecule has 4 nitrogen and oxygen atoms in total. The molecule has 0 unspecified atom stereocenters. The molecule has 1 fully saturated rings. The molecule has 0 aromatic heterocycles. The Morgan fingerprint density at radius 1 is 1.08 bits per heavy atom. The summed E-state index contributed by atoms with van der Waals surface area (Å²) >= 11 is 0. The molecule has 2 aromatic rings. The van der Waals surface area contributed by atoms with Crippen LogP contribution in [0.15, 0.2) is 48.5 Å². The van der Waals surface area contributed by atoms with Gasteiger partial charge in [-0.25, -0.2) is 0 Å². The van der Waals surface area contributed by atoms with Gasteiger partial charge < -0.3 is 10.2 Å². The maximum Gasteiger partial charge on any atom is 0.251 e. The topological polar surface area (TPSA) is 49.4 Å². The standard InChI is InChI=1S/C21H24N2O2/c1-15-9-11-17(12-10-15)21(25)22-14-20(24)23-13-5-8-19(23)18-7-4-3-6-16(18)2/h3-4,6-7,9-12,19H,5,8,13-14H2,1-2H3,(H,22,25)/t19-/m1/s1. The van der Waals surface area contributed by atoms with Gasteiger partial charge in [0.15, 0.2) is 0 Å². The molecular weight excluding hydrogens is 312 g/mol. The van der Waals surface area contributed by atoms with Gasteiger partial charge in [0.05, 0.1) is 12.6 Å². The van der Waals surface area contributed by atoms with Crippen molar-refractivity contribution in [1.29, 1.82) is 0 Å². The van der Waals surface area contributed by atoms with Crippen LogP contribution in [-0.4, -0.2) is 29.8 Å². The van der Waals surface area contributed by atoms with Gasteiger partial charge in [-0.2, -0.15) is 0 Å². The molecule has 0 aliphatic carbocycles. The zero-order chi connectivity index (χ0) is 17.8. The monoisotopic (exact) mass is 336 g/mol. The minimum Gasteiger partial charge on any atom is -0.343 e. The number of amides is 2. The molecule has 3 rings (SSSR count). The van der Waals surface area contributed by atoms with Gasteiger partial charge in [0, 0.05) is 12.1 Å². The van der Waals surface area contributed by atoms with Crippen LogP contribution in [0.5, 0.6) is 0 Å². The Balaban J connectivity index is 1.63. The summed E-state index contributed by atoms with van der Waals surface area (Å²) in [6.45, 7) is 4.84. The van der Waals surface area contributed by atoms with E-state index in [1.165, 1.54) is 11.1 Å². The Morgan fingerprint density at radius 2 is 1.80 bits per heavy atom. The number of aryl methyl sites for hydroxylation is 2. The zero-order valence-electron chi connectivity index (χ0n) is 14.8. The largest absolute Gasteiger partial charge is 0.343 e. The Kier molecular flexibility index (Phi) is 5.17. The summed E-state index contributed by atoms with van der Waals surface area (Å²) in [7, 11) is 0. The van der Waals surface area contributed by atoms with Gasteiger partial charge in [-0.05, 0) is 49.9 Å². The van der Waals surface area contributed by atoms with Crippen molar-refractivity contribution in [3.63, 3.8) is 0 Å². The average molecular weight is 336 g/mol. The second-order valence-corrected chi connectivity index (χ2v) is 6.65. The lowest BCUT2D eigenvalue weighted by Gasteiger charge is -2.26. The SMILES string of the molecule is Cc1ccc(C(=O)NCC(=O)N2CCC[C@@H]2c2ccccc2C)cc1. The van der Waals surface area contributed by atoms with Crippen LogP contribution >= 0.6 is 0 Å². The summed E-state index contributed by atoms with van der Waals surface area (Å²) in [6, 6.07) is 15.7. The molecule has 1 aliphatic rings. The zero-order valence-corrected chi connectivity index (χ0v) is 14.8. The lowest BCUT2D eigenvalue weighted by molar-refractivity contribution is -0.131. The molecule has 0 saturated carbocycles. The quantitative estimate of drug-likeness (QED) is 0.930. The first-order valence-corrected chi connectivity index (χ1v) is 8.76. The summed E-state index contributed by atoms with van der Waals surface area (Å²) < 4.78 is 0. The first-order chi connectivity index (χ1) is 12.1. The minimum atomic E-state index is -0.208. The van der Waals surface area contributed by atoms with Crippen LogP contribution in [0.1, 0.15) is 45.9 Å². The fourth-order valence-electron chi connectivity index (χ4n) is 3.41. The van der Waals surface area contributed by atoms with Crippen LogP contribution < -0.4 is 5.32 Å². The molecule has 2 aromatic carbocycles. The molecule has 130 valence electrons. The second-order valence-electron chi connectivity index (χ2n) is 6.65. The summed E-state index contributed by atoms with van der Waals surface area (Å²) in [5.41, 5.74) is 4.09. The Bertz CT molecular complexity index is 768. The van der Waals surface area contributed by atoms with Crippen LogP contribution in [0.2, 0.25) is 0 Å². The average Bonchev–Trinajstić information content (AvgIpc) is 3.10. The van der Waals surface area contributed by atoms with Crippen molar-refractivity contribution in [2.24, 2.45) is 0 Å². The van der Waals surface area contributed by atoms with E-state index in [9.17, 15) is 9.59 Å². The Labute approximate surface area is 148 Å². The van der Waals surface area contributed by atoms with Crippen LogP contribution in [0.3, 0.4) is 0 Å². The highest BCUT2D eigenvalue weighted by atomic mass is 16.2. The Morgan fingerprint density at radius 3 is 2.52 bits per heavy atom. The molecule has 1 aliphatic heterocycles. The van der Waals surface area contributed by atoms with Crippen molar-refractivity contribution in [2.75, 3.05) is 13.1 Å². The fourth-order valence-corrected chi connectivity index (χ4v) is 3.41. The smallest absolute Gasteiger partial charge is 0.251 e. The maximum atomic E-state index is 12.6. The number of nitrogens with zero attached hydrogens (tertiary/aromatic N) is 1. The number of hydrogen-bond acceptors (Lipinski definition) is 2. The number of hydrogen-bond donors (Lipinski definition) is 1. The molecule has 1 saturated heterocycles. The van der Waals surface area contributed by atoms with Crippen LogP contribution in [0, 0.1) is 13.8 Å². The van der Waals surface area contributed by atoms with E-state index in [1.54, 1.807) is 12.1 Å². The lowest BCUT2D eigenvalue weighted by Crippen LogP contribution is -2.40. The van der Waals surface area contributed by atoms with Gasteiger partial charge in [-0.3, -0.25) is 9.59 Å². The first kappa shape index (κ1) is 17.2. The highest BCUT2D eigenvalue weighted by molar-refractivity contribution is 5.96. The van der Waals surface area contributed by atoms with Gasteiger partial charge in [0.2, 0.25) is 5.91 Å². The third kappa shape index (κ3) is 3.90. The lowest BCUT2D eigenvalue weighted by atomic mass is 9.99. The van der Waals surface area contributed by atoms with Gasteiger partial charge in [-0.1, -0.05) is 42.0 Å². The van der Waals surface area contributed by atoms with E-state index in [2.05, 4.69) is 24.4 Å². The molecule has 25 heavy (non-hydrogen) atoms. The van der Waals surface area contributed by atoms with Crippen molar-refractivity contribution in [1.82, 2.24) is 10.2 Å². The maximum absolute atomic E-state index is 12.6. The van der Waals surface area contributed by atoms with E-state index in [0.29, 0.717) is 5.56 Å². The number of carbonyl (C=O) groups is 2. The highest BCUT2D eigenvalue weighted by Crippen LogP contribution is 2.33. The first-order valence-electron chi connectivity index (χ1n) is 8.76. The van der Waals surface area contributed by atoms with E-state index in [0.717, 1.165) is 24.9 Å². The molecule has 0 bridgehead atoms. The number of nitrogens with one attached hydrogen (secondary N) is 1. The van der Waals surface area contributed by atoms with Gasteiger partial charge in [0.25, 0.3) is 5.91 Å². The number of likely N-dealkylation sites (tertiary alicyclic amines) is 1. The van der Waals surface area contributed by atoms with Crippen molar-refractivity contribution in [3.8, 4) is 0 Å². The molecule has 0 radical (unpaired) electrons. The normalized spacial score (nSPS) is 16.7. The predicted molar refractivity (Wildman–Crippen MR) is 98.4 cm³/mol. The summed E-state index contributed by atoms with van der Waals surface area (Å²) in [5.74, 6) is -0.230. The molecule has 4 heteroatoms. The van der Waals surface area contributed by atoms with E-state index in [1.807, 2.05) is 36.1 Å². The molecule has 1 atom stereocenters. The van der Waals surface area contributed by atoms with Crippen LogP contribution in [0.4, 0.5) is 0 Å². The van der Waals surface area contributed by atoms with Crippen LogP contribution in [-0.2, 0) is 4.79 Å². The number of benzene rings is 2. The van der Waals surface area contributed by atoms with Crippen molar-refractivity contribution in [2.45, 2.75) is 32.7 Å². The van der Waals surface area contributed by atoms with Gasteiger partial charge in [-0.15, -0.1) is 0 Å². The molecule has 1 N–H and O–H groups in total. The predicted octanol–water partition coefficient (Wildman–Crippen LogP) is 3.40. The van der Waals surface area contributed by atoms with Crippen molar-refractivity contribution < 1.29 is 9.59 Å². The van der Waals surface area contributed by atoms with E-state index in [4.69, 9.17) is 0 Å². The van der Waals surface area contributed by atoms with Crippen molar-refractivity contribution in [3.05, 3.63) is 70.8 Å². The minimum absolute atomic E-state index is 0.0220. The number of carbonyl (C=O) groups excluding carboxylic acids is 2. The Hall–Kier alpha value is -2.62. The van der Waals surface area contributed by atoms with E-state index in [-0.39, 0.29) is 24.4 Å². The molecule has 0 spiro atoms. The third-order valence-corrected chi connectivity index (χ3v) is 4.83. The number of rotatable bonds is 4. The van der Waals surface area contributed by atoms with E-state index < -0.39 is 0 Å². The highest BCUT2D eigenvalue weighted by Gasteiger charge is 2.30. The molecule has 2 amide bonds. The van der Waals surface area contributed by atoms with Crippen molar-refractivity contribution >= 4 is 11.8 Å². The second kappa shape index (κ2) is 7.51. The van der Waals surface area contributed by atoms with E-state index >= 15 is 0 Å². The van der Waals surface area contributed by atoms with Crippen LogP contribution in [0.25, 0.3) is 0 Å². The molecular formula is C21H24N2O2. The van der Waals surface area contributed by atoms with Gasteiger partial charge >= 0.3 is 0 Å². The third-order valence-electron chi connectivity index (χ3n) is 4.83. The summed E-state index contributed by atoms with van der Waals surface area (Å²) in [5, 5.41) is 2.75. The molecule has 1 heterocycles. The fraction of sp³-hybridized carbons (Fsp3) is 0.333. The summed E-state index contributed by atoms with van der Waals surface area (Å²) in [4.78, 5) is 26.7. The van der Waals surface area contributed by atoms with Gasteiger partial charge in [0.1, 0.15) is 0 Å².